The molecule has 1 aromatic carbocycles. The number of aryl methyl sites for hydroxylation is 1. The molecule has 1 atom stereocenters. The molecule has 0 saturated carbocycles. The van der Waals surface area contributed by atoms with Crippen molar-refractivity contribution in [2.24, 2.45) is 5.92 Å². The average molecular weight is 284 g/mol. The number of benzene rings is 1. The fourth-order valence-corrected chi connectivity index (χ4v) is 2.81. The number of rotatable bonds is 3. The molecule has 0 spiro atoms. The molecular weight excluding hydrogens is 264 g/mol. The van der Waals surface area contributed by atoms with Crippen molar-refractivity contribution in [2.75, 3.05) is 19.5 Å². The molecule has 1 aliphatic rings. The van der Waals surface area contributed by atoms with Gasteiger partial charge in [-0.05, 0) is 43.0 Å². The van der Waals surface area contributed by atoms with Crippen LogP contribution in [-0.4, -0.2) is 18.7 Å². The first-order chi connectivity index (χ1) is 10.2. The Morgan fingerprint density at radius 3 is 2.95 bits per heavy atom. The van der Waals surface area contributed by atoms with Gasteiger partial charge in [0.25, 0.3) is 0 Å². The summed E-state index contributed by atoms with van der Waals surface area (Å²) in [5, 5.41) is 0. The number of hydrogen-bond donors (Lipinski definition) is 1. The molecule has 4 heteroatoms. The molecule has 2 N–H and O–H groups in total. The topological polar surface area (TPSA) is 57.4 Å². The summed E-state index contributed by atoms with van der Waals surface area (Å²) in [6.07, 6.45) is 1.98. The largest absolute Gasteiger partial charge is 0.497 e. The average Bonchev–Trinajstić information content (AvgIpc) is 2.49. The van der Waals surface area contributed by atoms with Gasteiger partial charge in [-0.3, -0.25) is 0 Å². The molecular formula is C17H20N2O2. The number of pyridine rings is 1. The Bertz CT molecular complexity index is 655. The van der Waals surface area contributed by atoms with E-state index in [-0.39, 0.29) is 0 Å². The molecule has 2 heterocycles. The second-order valence-electron chi connectivity index (χ2n) is 5.54. The number of nitrogens with zero attached hydrogens (tertiary/aromatic N) is 1. The van der Waals surface area contributed by atoms with Crippen LogP contribution in [0.25, 0.3) is 0 Å². The fraction of sp³-hybridized carbons (Fsp3) is 0.353. The van der Waals surface area contributed by atoms with E-state index in [1.54, 1.807) is 7.11 Å². The molecule has 3 rings (SSSR count). The van der Waals surface area contributed by atoms with E-state index in [4.69, 9.17) is 15.2 Å². The molecule has 21 heavy (non-hydrogen) atoms. The molecule has 0 radical (unpaired) electrons. The Morgan fingerprint density at radius 1 is 1.33 bits per heavy atom. The Morgan fingerprint density at radius 2 is 2.19 bits per heavy atom. The molecule has 1 aliphatic heterocycles. The molecule has 0 fully saturated rings. The van der Waals surface area contributed by atoms with E-state index in [1.807, 2.05) is 25.1 Å². The third kappa shape index (κ3) is 2.94. The van der Waals surface area contributed by atoms with Gasteiger partial charge in [-0.25, -0.2) is 4.98 Å². The van der Waals surface area contributed by atoms with Gasteiger partial charge in [-0.1, -0.05) is 12.1 Å². The van der Waals surface area contributed by atoms with E-state index < -0.39 is 0 Å². The lowest BCUT2D eigenvalue weighted by molar-refractivity contribution is 0.220. The van der Waals surface area contributed by atoms with E-state index in [2.05, 4.69) is 17.1 Å². The number of aromatic nitrogens is 1. The quantitative estimate of drug-likeness (QED) is 0.941. The lowest BCUT2D eigenvalue weighted by Gasteiger charge is -2.26. The van der Waals surface area contributed by atoms with Crippen molar-refractivity contribution >= 4 is 5.82 Å². The number of ether oxygens (including phenoxy) is 2. The highest BCUT2D eigenvalue weighted by molar-refractivity contribution is 5.42. The highest BCUT2D eigenvalue weighted by atomic mass is 16.5. The minimum absolute atomic E-state index is 0.468. The number of fused-ring (bicyclic) bond motifs is 1. The first-order valence-electron chi connectivity index (χ1n) is 7.17. The van der Waals surface area contributed by atoms with Crippen molar-refractivity contribution < 1.29 is 9.47 Å². The van der Waals surface area contributed by atoms with Crippen molar-refractivity contribution in [3.63, 3.8) is 0 Å². The van der Waals surface area contributed by atoms with E-state index in [1.165, 1.54) is 11.1 Å². The third-order valence-corrected chi connectivity index (χ3v) is 3.98. The monoisotopic (exact) mass is 284 g/mol. The summed E-state index contributed by atoms with van der Waals surface area (Å²) in [5.41, 5.74) is 9.20. The fourth-order valence-electron chi connectivity index (χ4n) is 2.81. The van der Waals surface area contributed by atoms with Gasteiger partial charge in [0, 0.05) is 17.7 Å². The maximum Gasteiger partial charge on any atom is 0.126 e. The van der Waals surface area contributed by atoms with Crippen LogP contribution in [0.1, 0.15) is 16.8 Å². The van der Waals surface area contributed by atoms with E-state index in [9.17, 15) is 0 Å². The molecule has 0 unspecified atom stereocenters. The van der Waals surface area contributed by atoms with Gasteiger partial charge < -0.3 is 15.2 Å². The summed E-state index contributed by atoms with van der Waals surface area (Å²) in [6.45, 7) is 2.73. The van der Waals surface area contributed by atoms with Gasteiger partial charge >= 0.3 is 0 Å². The Hall–Kier alpha value is -2.23. The van der Waals surface area contributed by atoms with Gasteiger partial charge in [0.2, 0.25) is 0 Å². The molecule has 0 amide bonds. The van der Waals surface area contributed by atoms with Crippen LogP contribution in [0.5, 0.6) is 11.5 Å². The molecule has 4 nitrogen and oxygen atoms in total. The van der Waals surface area contributed by atoms with Gasteiger partial charge in [-0.2, -0.15) is 0 Å². The smallest absolute Gasteiger partial charge is 0.126 e. The first kappa shape index (κ1) is 13.7. The Labute approximate surface area is 124 Å². The normalized spacial score (nSPS) is 17.0. The summed E-state index contributed by atoms with van der Waals surface area (Å²) in [7, 11) is 1.67. The van der Waals surface area contributed by atoms with Crippen LogP contribution in [0.15, 0.2) is 30.3 Å². The molecule has 1 aromatic heterocycles. The second-order valence-corrected chi connectivity index (χ2v) is 5.54. The lowest BCUT2D eigenvalue weighted by Crippen LogP contribution is -2.23. The minimum atomic E-state index is 0.468. The second kappa shape index (κ2) is 5.64. The van der Waals surface area contributed by atoms with Gasteiger partial charge in [0.1, 0.15) is 17.3 Å². The predicted molar refractivity (Wildman–Crippen MR) is 82.8 cm³/mol. The maximum atomic E-state index is 5.89. The van der Waals surface area contributed by atoms with E-state index >= 15 is 0 Å². The first-order valence-corrected chi connectivity index (χ1v) is 7.17. The molecule has 0 bridgehead atoms. The maximum absolute atomic E-state index is 5.89. The zero-order valence-electron chi connectivity index (χ0n) is 12.4. The predicted octanol–water partition coefficient (Wildman–Crippen LogP) is 2.77. The van der Waals surface area contributed by atoms with Crippen LogP contribution in [-0.2, 0) is 12.8 Å². The van der Waals surface area contributed by atoms with Gasteiger partial charge in [0.15, 0.2) is 0 Å². The van der Waals surface area contributed by atoms with Crippen LogP contribution in [0.2, 0.25) is 0 Å². The number of methoxy groups -OCH3 is 1. The number of hydrogen-bond acceptors (Lipinski definition) is 4. The van der Waals surface area contributed by atoms with Crippen molar-refractivity contribution in [3.05, 3.63) is 47.2 Å². The summed E-state index contributed by atoms with van der Waals surface area (Å²) in [4.78, 5) is 4.33. The Kier molecular flexibility index (Phi) is 3.69. The summed E-state index contributed by atoms with van der Waals surface area (Å²) in [6, 6.07) is 9.97. The third-order valence-electron chi connectivity index (χ3n) is 3.98. The number of nitrogens with two attached hydrogens (primary N) is 1. The molecule has 2 aromatic rings. The van der Waals surface area contributed by atoms with Crippen LogP contribution in [0.3, 0.4) is 0 Å². The SMILES string of the molecule is COc1ccc2c(c1)OC[C@@H](Cc1ccc(N)nc1C)C2. The zero-order valence-corrected chi connectivity index (χ0v) is 12.4. The summed E-state index contributed by atoms with van der Waals surface area (Å²) < 4.78 is 11.1. The van der Waals surface area contributed by atoms with Gasteiger partial charge in [0.05, 0.1) is 13.7 Å². The van der Waals surface area contributed by atoms with Gasteiger partial charge in [-0.15, -0.1) is 0 Å². The van der Waals surface area contributed by atoms with Crippen LogP contribution < -0.4 is 15.2 Å². The van der Waals surface area contributed by atoms with Crippen LogP contribution in [0, 0.1) is 12.8 Å². The standard InChI is InChI=1S/C17H20N2O2/c1-11-13(4-6-17(18)19-11)7-12-8-14-3-5-15(20-2)9-16(14)21-10-12/h3-6,9,12H,7-8,10H2,1-2H3,(H2,18,19)/t12-/m0/s1. The molecule has 0 saturated heterocycles. The summed E-state index contributed by atoms with van der Waals surface area (Å²) in [5.74, 6) is 2.83. The zero-order chi connectivity index (χ0) is 14.8. The van der Waals surface area contributed by atoms with E-state index in [0.717, 1.165) is 36.6 Å². The summed E-state index contributed by atoms with van der Waals surface area (Å²) >= 11 is 0. The van der Waals surface area contributed by atoms with Crippen molar-refractivity contribution in [2.45, 2.75) is 19.8 Å². The van der Waals surface area contributed by atoms with Crippen molar-refractivity contribution in [1.82, 2.24) is 4.98 Å². The highest BCUT2D eigenvalue weighted by Gasteiger charge is 2.21. The van der Waals surface area contributed by atoms with E-state index in [0.29, 0.717) is 11.7 Å². The Balaban J connectivity index is 1.74. The van der Waals surface area contributed by atoms with Crippen LogP contribution in [0.4, 0.5) is 5.82 Å². The van der Waals surface area contributed by atoms with Crippen molar-refractivity contribution in [3.8, 4) is 11.5 Å². The van der Waals surface area contributed by atoms with Crippen molar-refractivity contribution in [1.29, 1.82) is 0 Å². The van der Waals surface area contributed by atoms with Crippen LogP contribution >= 0.6 is 0 Å². The number of anilines is 1. The highest BCUT2D eigenvalue weighted by Crippen LogP contribution is 2.32. The number of nitrogen functional groups attached to an aromatic ring is 1. The molecule has 0 aliphatic carbocycles. The molecule has 110 valence electrons. The lowest BCUT2D eigenvalue weighted by atomic mass is 9.90. The minimum Gasteiger partial charge on any atom is -0.497 e.